The quantitative estimate of drug-likeness (QED) is 0.830. The highest BCUT2D eigenvalue weighted by molar-refractivity contribution is 5.79. The molecule has 1 aliphatic heterocycles. The lowest BCUT2D eigenvalue weighted by molar-refractivity contribution is -0.143. The van der Waals surface area contributed by atoms with E-state index in [1.807, 2.05) is 25.1 Å². The van der Waals surface area contributed by atoms with Crippen LogP contribution in [0.2, 0.25) is 0 Å². The average Bonchev–Trinajstić information content (AvgIpc) is 2.94. The lowest BCUT2D eigenvalue weighted by Gasteiger charge is -2.33. The van der Waals surface area contributed by atoms with Crippen LogP contribution in [0.15, 0.2) is 18.2 Å². The molecule has 3 rings (SSSR count). The largest absolute Gasteiger partial charge is 0.334 e. The number of rotatable bonds is 2. The minimum atomic E-state index is -2.69. The van der Waals surface area contributed by atoms with Crippen LogP contribution in [0.1, 0.15) is 56.0 Å². The van der Waals surface area contributed by atoms with E-state index >= 15 is 0 Å². The first-order valence-corrected chi connectivity index (χ1v) is 8.08. The number of halogens is 2. The third kappa shape index (κ3) is 3.13. The van der Waals surface area contributed by atoms with Crippen LogP contribution in [0.5, 0.6) is 0 Å². The van der Waals surface area contributed by atoms with Crippen LogP contribution in [0.4, 0.5) is 8.78 Å². The zero-order valence-corrected chi connectivity index (χ0v) is 12.9. The number of amides is 1. The number of aromatic nitrogens is 1. The highest BCUT2D eigenvalue weighted by atomic mass is 19.3. The van der Waals surface area contributed by atoms with Crippen LogP contribution < -0.4 is 0 Å². The standard InChI is InChI=1S/C17H22F2N2O/c1-12-5-2-7-14(20-12)15-8-4-10-21(15)16(22)13-6-3-9-17(18,19)11-13/h2,5,7,13,15H,3-4,6,8-11H2,1H3/t13-,15+/m1/s1. The van der Waals surface area contributed by atoms with E-state index in [-0.39, 0.29) is 24.8 Å². The second kappa shape index (κ2) is 5.94. The molecule has 0 radical (unpaired) electrons. The van der Waals surface area contributed by atoms with E-state index in [2.05, 4.69) is 4.98 Å². The molecule has 1 saturated carbocycles. The molecular formula is C17H22F2N2O. The molecule has 1 aliphatic carbocycles. The predicted molar refractivity (Wildman–Crippen MR) is 79.6 cm³/mol. The number of carbonyl (C=O) groups excluding carboxylic acids is 1. The molecule has 1 saturated heterocycles. The van der Waals surface area contributed by atoms with Crippen LogP contribution in [-0.2, 0) is 4.79 Å². The molecule has 2 heterocycles. The maximum atomic E-state index is 13.6. The topological polar surface area (TPSA) is 33.2 Å². The van der Waals surface area contributed by atoms with Crippen molar-refractivity contribution in [2.24, 2.45) is 5.92 Å². The summed E-state index contributed by atoms with van der Waals surface area (Å²) in [6.45, 7) is 2.58. The zero-order chi connectivity index (χ0) is 15.7. The summed E-state index contributed by atoms with van der Waals surface area (Å²) in [6.07, 6.45) is 2.42. The van der Waals surface area contributed by atoms with Crippen molar-refractivity contribution in [1.29, 1.82) is 0 Å². The fraction of sp³-hybridized carbons (Fsp3) is 0.647. The van der Waals surface area contributed by atoms with Gasteiger partial charge >= 0.3 is 0 Å². The second-order valence-electron chi connectivity index (χ2n) is 6.54. The number of aryl methyl sites for hydroxylation is 1. The minimum absolute atomic E-state index is 0.0528. The van der Waals surface area contributed by atoms with E-state index in [9.17, 15) is 13.6 Å². The van der Waals surface area contributed by atoms with Crippen molar-refractivity contribution in [3.8, 4) is 0 Å². The third-order valence-corrected chi connectivity index (χ3v) is 4.78. The molecule has 2 aliphatic rings. The van der Waals surface area contributed by atoms with Crippen molar-refractivity contribution in [2.75, 3.05) is 6.54 Å². The summed E-state index contributed by atoms with van der Waals surface area (Å²) in [7, 11) is 0. The van der Waals surface area contributed by atoms with E-state index in [1.54, 1.807) is 4.90 Å². The Labute approximate surface area is 129 Å². The van der Waals surface area contributed by atoms with Crippen molar-refractivity contribution < 1.29 is 13.6 Å². The number of alkyl halides is 2. The Morgan fingerprint density at radius 3 is 2.86 bits per heavy atom. The van der Waals surface area contributed by atoms with Crippen LogP contribution in [-0.4, -0.2) is 28.3 Å². The van der Waals surface area contributed by atoms with E-state index in [4.69, 9.17) is 0 Å². The zero-order valence-electron chi connectivity index (χ0n) is 12.9. The average molecular weight is 308 g/mol. The summed E-state index contributed by atoms with van der Waals surface area (Å²) < 4.78 is 27.2. The van der Waals surface area contributed by atoms with Gasteiger partial charge in [-0.25, -0.2) is 8.78 Å². The Morgan fingerprint density at radius 1 is 1.32 bits per heavy atom. The highest BCUT2D eigenvalue weighted by Crippen LogP contribution is 2.40. The van der Waals surface area contributed by atoms with Gasteiger partial charge in [-0.3, -0.25) is 9.78 Å². The predicted octanol–water partition coefficient (Wildman–Crippen LogP) is 3.88. The molecule has 0 aromatic carbocycles. The molecule has 0 spiro atoms. The van der Waals surface area contributed by atoms with Crippen LogP contribution in [0, 0.1) is 12.8 Å². The first-order chi connectivity index (χ1) is 10.5. The molecule has 0 bridgehead atoms. The van der Waals surface area contributed by atoms with E-state index in [1.165, 1.54) is 0 Å². The monoisotopic (exact) mass is 308 g/mol. The van der Waals surface area contributed by atoms with Crippen LogP contribution in [0.3, 0.4) is 0 Å². The normalized spacial score (nSPS) is 27.9. The smallest absolute Gasteiger partial charge is 0.248 e. The Hall–Kier alpha value is -1.52. The number of likely N-dealkylation sites (tertiary alicyclic amines) is 1. The maximum absolute atomic E-state index is 13.6. The van der Waals surface area contributed by atoms with Crippen molar-refractivity contribution in [3.05, 3.63) is 29.6 Å². The van der Waals surface area contributed by atoms with Gasteiger partial charge in [0.1, 0.15) is 0 Å². The number of nitrogens with zero attached hydrogens (tertiary/aromatic N) is 2. The van der Waals surface area contributed by atoms with E-state index in [0.29, 0.717) is 19.4 Å². The molecule has 1 aromatic heterocycles. The van der Waals surface area contributed by atoms with Gasteiger partial charge in [0.25, 0.3) is 0 Å². The van der Waals surface area contributed by atoms with Gasteiger partial charge in [-0.1, -0.05) is 6.07 Å². The number of hydrogen-bond acceptors (Lipinski definition) is 2. The lowest BCUT2D eigenvalue weighted by atomic mass is 9.85. The van der Waals surface area contributed by atoms with E-state index < -0.39 is 11.8 Å². The Morgan fingerprint density at radius 2 is 2.14 bits per heavy atom. The summed E-state index contributed by atoms with van der Waals surface area (Å²) in [4.78, 5) is 19.0. The summed E-state index contributed by atoms with van der Waals surface area (Å²) in [6, 6.07) is 5.74. The van der Waals surface area contributed by atoms with Crippen molar-refractivity contribution >= 4 is 5.91 Å². The van der Waals surface area contributed by atoms with Gasteiger partial charge in [0.05, 0.1) is 11.7 Å². The van der Waals surface area contributed by atoms with Gasteiger partial charge in [-0.2, -0.15) is 0 Å². The first kappa shape index (κ1) is 15.4. The minimum Gasteiger partial charge on any atom is -0.334 e. The van der Waals surface area contributed by atoms with Crippen molar-refractivity contribution in [1.82, 2.24) is 9.88 Å². The molecule has 3 nitrogen and oxygen atoms in total. The molecule has 1 amide bonds. The van der Waals surface area contributed by atoms with Gasteiger partial charge in [0, 0.05) is 31.0 Å². The molecule has 2 fully saturated rings. The van der Waals surface area contributed by atoms with Gasteiger partial charge in [0.15, 0.2) is 0 Å². The van der Waals surface area contributed by atoms with Crippen LogP contribution in [0.25, 0.3) is 0 Å². The molecule has 1 aromatic rings. The Balaban J connectivity index is 1.76. The van der Waals surface area contributed by atoms with Crippen molar-refractivity contribution in [3.63, 3.8) is 0 Å². The summed E-state index contributed by atoms with van der Waals surface area (Å²) >= 11 is 0. The SMILES string of the molecule is Cc1cccc([C@@H]2CCCN2C(=O)[C@@H]2CCCC(F)(F)C2)n1. The van der Waals surface area contributed by atoms with Crippen LogP contribution >= 0.6 is 0 Å². The number of pyridine rings is 1. The van der Waals surface area contributed by atoms with Gasteiger partial charge < -0.3 is 4.90 Å². The van der Waals surface area contributed by atoms with E-state index in [0.717, 1.165) is 24.2 Å². The summed E-state index contributed by atoms with van der Waals surface area (Å²) in [5.74, 6) is -3.32. The Bertz CT molecular complexity index is 561. The summed E-state index contributed by atoms with van der Waals surface area (Å²) in [5.41, 5.74) is 1.80. The first-order valence-electron chi connectivity index (χ1n) is 8.08. The molecule has 120 valence electrons. The highest BCUT2D eigenvalue weighted by Gasteiger charge is 2.42. The van der Waals surface area contributed by atoms with Crippen molar-refractivity contribution in [2.45, 2.75) is 57.4 Å². The lowest BCUT2D eigenvalue weighted by Crippen LogP contribution is -2.40. The molecule has 0 unspecified atom stereocenters. The number of hydrogen-bond donors (Lipinski definition) is 0. The molecule has 22 heavy (non-hydrogen) atoms. The summed E-state index contributed by atoms with van der Waals surface area (Å²) in [5, 5.41) is 0. The van der Waals surface area contributed by atoms with Gasteiger partial charge in [0.2, 0.25) is 11.8 Å². The molecule has 0 N–H and O–H groups in total. The second-order valence-corrected chi connectivity index (χ2v) is 6.54. The molecule has 2 atom stereocenters. The van der Waals surface area contributed by atoms with Gasteiger partial charge in [-0.15, -0.1) is 0 Å². The fourth-order valence-corrected chi connectivity index (χ4v) is 3.70. The third-order valence-electron chi connectivity index (χ3n) is 4.78. The Kier molecular flexibility index (Phi) is 4.15. The van der Waals surface area contributed by atoms with Gasteiger partial charge in [-0.05, 0) is 44.7 Å². The fourth-order valence-electron chi connectivity index (χ4n) is 3.70. The maximum Gasteiger partial charge on any atom is 0.248 e. The molecular weight excluding hydrogens is 286 g/mol. The number of carbonyl (C=O) groups is 1. The molecule has 5 heteroatoms.